The van der Waals surface area contributed by atoms with Gasteiger partial charge in [-0.3, -0.25) is 19.2 Å². The highest BCUT2D eigenvalue weighted by Gasteiger charge is 2.35. The van der Waals surface area contributed by atoms with Gasteiger partial charge in [-0.15, -0.1) is 0 Å². The van der Waals surface area contributed by atoms with Crippen molar-refractivity contribution >= 4 is 23.5 Å². The first kappa shape index (κ1) is 19.3. The van der Waals surface area contributed by atoms with E-state index in [0.717, 1.165) is 0 Å². The molecule has 2 unspecified atom stereocenters. The molecule has 6 nitrogen and oxygen atoms in total. The van der Waals surface area contributed by atoms with E-state index in [-0.39, 0.29) is 18.6 Å². The van der Waals surface area contributed by atoms with Gasteiger partial charge >= 0.3 is 11.9 Å². The predicted molar refractivity (Wildman–Crippen MR) is 75.4 cm³/mol. The topological polar surface area (TPSA) is 86.7 Å². The summed E-state index contributed by atoms with van der Waals surface area (Å²) in [6, 6.07) is 0. The molecule has 120 valence electrons. The van der Waals surface area contributed by atoms with E-state index in [1.807, 2.05) is 0 Å². The Kier molecular flexibility index (Phi) is 7.84. The van der Waals surface area contributed by atoms with Crippen LogP contribution in [0.2, 0.25) is 0 Å². The lowest BCUT2D eigenvalue weighted by Gasteiger charge is -2.20. The molecule has 0 aromatic rings. The van der Waals surface area contributed by atoms with E-state index in [1.54, 1.807) is 27.7 Å². The zero-order chi connectivity index (χ0) is 16.7. The molecule has 0 rings (SSSR count). The Labute approximate surface area is 125 Å². The Bertz CT molecular complexity index is 372. The Balaban J connectivity index is 5.08. The first-order valence-corrected chi connectivity index (χ1v) is 6.98. The molecule has 2 atom stereocenters. The van der Waals surface area contributed by atoms with E-state index < -0.39 is 35.3 Å². The van der Waals surface area contributed by atoms with Crippen LogP contribution >= 0.6 is 0 Å². The quantitative estimate of drug-likeness (QED) is 0.501. The molecule has 0 N–H and O–H groups in total. The van der Waals surface area contributed by atoms with Gasteiger partial charge in [-0.1, -0.05) is 0 Å². The van der Waals surface area contributed by atoms with Gasteiger partial charge in [-0.2, -0.15) is 0 Å². The second kappa shape index (κ2) is 8.54. The molecular weight excluding hydrogens is 276 g/mol. The van der Waals surface area contributed by atoms with E-state index in [4.69, 9.17) is 9.47 Å². The van der Waals surface area contributed by atoms with Crippen LogP contribution in [0.4, 0.5) is 0 Å². The number of ether oxygens (including phenoxy) is 2. The molecule has 0 heterocycles. The third-order valence-corrected chi connectivity index (χ3v) is 2.73. The summed E-state index contributed by atoms with van der Waals surface area (Å²) in [5.41, 5.74) is 0. The normalized spacial score (nSPS) is 13.7. The highest BCUT2D eigenvalue weighted by atomic mass is 16.5. The molecule has 0 spiro atoms. The van der Waals surface area contributed by atoms with Crippen LogP contribution in [-0.2, 0) is 28.7 Å². The van der Waals surface area contributed by atoms with Crippen LogP contribution in [0.3, 0.4) is 0 Å². The molecule has 0 aliphatic heterocycles. The Hall–Kier alpha value is -1.72. The van der Waals surface area contributed by atoms with Crippen molar-refractivity contribution in [2.75, 3.05) is 0 Å². The Morgan fingerprint density at radius 2 is 1.00 bits per heavy atom. The van der Waals surface area contributed by atoms with Gasteiger partial charge in [0.2, 0.25) is 0 Å². The van der Waals surface area contributed by atoms with Crippen molar-refractivity contribution in [3.8, 4) is 0 Å². The van der Waals surface area contributed by atoms with Crippen molar-refractivity contribution in [3.63, 3.8) is 0 Å². The maximum atomic E-state index is 11.9. The lowest BCUT2D eigenvalue weighted by molar-refractivity contribution is -0.159. The molecule has 0 aliphatic rings. The van der Waals surface area contributed by atoms with Gasteiger partial charge in [0.15, 0.2) is 0 Å². The molecule has 21 heavy (non-hydrogen) atoms. The van der Waals surface area contributed by atoms with Crippen LogP contribution in [-0.4, -0.2) is 35.7 Å². The first-order chi connectivity index (χ1) is 9.56. The van der Waals surface area contributed by atoms with Crippen molar-refractivity contribution in [1.29, 1.82) is 0 Å². The molecule has 0 amide bonds. The summed E-state index contributed by atoms with van der Waals surface area (Å²) in [4.78, 5) is 47.0. The summed E-state index contributed by atoms with van der Waals surface area (Å²) in [7, 11) is 0. The lowest BCUT2D eigenvalue weighted by atomic mass is 9.89. The van der Waals surface area contributed by atoms with Crippen molar-refractivity contribution in [3.05, 3.63) is 0 Å². The summed E-state index contributed by atoms with van der Waals surface area (Å²) in [6.45, 7) is 9.10. The number of Topliss-reactive ketones (excluding diaryl/α,β-unsaturated/α-hetero) is 2. The van der Waals surface area contributed by atoms with Gasteiger partial charge in [-0.25, -0.2) is 0 Å². The van der Waals surface area contributed by atoms with Gasteiger partial charge in [0.1, 0.15) is 23.4 Å². The fourth-order valence-electron chi connectivity index (χ4n) is 1.72. The first-order valence-electron chi connectivity index (χ1n) is 6.98. The van der Waals surface area contributed by atoms with Crippen LogP contribution in [0.1, 0.15) is 48.0 Å². The SMILES string of the molecule is CC(=O)C(CC(C(C)=O)C(=O)OC(C)C)C(=O)OC(C)C. The molecule has 0 aromatic carbocycles. The molecule has 0 saturated carbocycles. The van der Waals surface area contributed by atoms with Crippen molar-refractivity contribution in [2.24, 2.45) is 11.8 Å². The largest absolute Gasteiger partial charge is 0.462 e. The zero-order valence-electron chi connectivity index (χ0n) is 13.5. The third kappa shape index (κ3) is 7.02. The predicted octanol–water partition coefficient (Wildman–Crippen LogP) is 1.69. The van der Waals surface area contributed by atoms with Crippen LogP contribution in [0, 0.1) is 11.8 Å². The summed E-state index contributed by atoms with van der Waals surface area (Å²) in [6.07, 6.45) is -0.975. The van der Waals surface area contributed by atoms with E-state index in [2.05, 4.69) is 0 Å². The molecule has 0 fully saturated rings. The van der Waals surface area contributed by atoms with Gasteiger partial charge in [0.05, 0.1) is 12.2 Å². The van der Waals surface area contributed by atoms with E-state index in [1.165, 1.54) is 13.8 Å². The number of ketones is 2. The summed E-state index contributed by atoms with van der Waals surface area (Å²) >= 11 is 0. The fourth-order valence-corrected chi connectivity index (χ4v) is 1.72. The Morgan fingerprint density at radius 3 is 1.19 bits per heavy atom. The number of rotatable bonds is 8. The number of hydrogen-bond donors (Lipinski definition) is 0. The number of hydrogen-bond acceptors (Lipinski definition) is 6. The van der Waals surface area contributed by atoms with Gasteiger partial charge in [-0.05, 0) is 48.0 Å². The average Bonchev–Trinajstić information content (AvgIpc) is 2.25. The smallest absolute Gasteiger partial charge is 0.316 e. The standard InChI is InChI=1S/C15H24O6/c1-8(2)20-14(18)12(10(5)16)7-13(11(6)17)15(19)21-9(3)4/h8-9,12-13H,7H2,1-6H3. The third-order valence-electron chi connectivity index (χ3n) is 2.73. The molecular formula is C15H24O6. The fraction of sp³-hybridized carbons (Fsp3) is 0.733. The molecule has 6 heteroatoms. The molecule has 0 aliphatic carbocycles. The lowest BCUT2D eigenvalue weighted by Crippen LogP contribution is -2.34. The van der Waals surface area contributed by atoms with Crippen molar-refractivity contribution < 1.29 is 28.7 Å². The summed E-state index contributed by atoms with van der Waals surface area (Å²) in [5.74, 6) is -4.60. The minimum Gasteiger partial charge on any atom is -0.462 e. The van der Waals surface area contributed by atoms with Crippen molar-refractivity contribution in [1.82, 2.24) is 0 Å². The van der Waals surface area contributed by atoms with E-state index >= 15 is 0 Å². The van der Waals surface area contributed by atoms with Crippen molar-refractivity contribution in [2.45, 2.75) is 60.2 Å². The van der Waals surface area contributed by atoms with Gasteiger partial charge in [0, 0.05) is 0 Å². The maximum Gasteiger partial charge on any atom is 0.316 e. The van der Waals surface area contributed by atoms with Crippen LogP contribution in [0.5, 0.6) is 0 Å². The molecule has 0 radical (unpaired) electrons. The zero-order valence-corrected chi connectivity index (χ0v) is 13.5. The van der Waals surface area contributed by atoms with Crippen LogP contribution in [0.25, 0.3) is 0 Å². The molecule has 0 saturated heterocycles. The number of esters is 2. The Morgan fingerprint density at radius 1 is 0.714 bits per heavy atom. The highest BCUT2D eigenvalue weighted by Crippen LogP contribution is 2.19. The van der Waals surface area contributed by atoms with Crippen LogP contribution in [0.15, 0.2) is 0 Å². The van der Waals surface area contributed by atoms with Gasteiger partial charge < -0.3 is 9.47 Å². The molecule has 0 bridgehead atoms. The molecule has 0 aromatic heterocycles. The summed E-state index contributed by atoms with van der Waals surface area (Å²) in [5, 5.41) is 0. The number of carbonyl (C=O) groups excluding carboxylic acids is 4. The minimum absolute atomic E-state index is 0.220. The number of carbonyl (C=O) groups is 4. The van der Waals surface area contributed by atoms with Crippen LogP contribution < -0.4 is 0 Å². The minimum atomic E-state index is -1.14. The second-order valence-electron chi connectivity index (χ2n) is 5.53. The maximum absolute atomic E-state index is 11.9. The highest BCUT2D eigenvalue weighted by molar-refractivity contribution is 6.02. The van der Waals surface area contributed by atoms with E-state index in [0.29, 0.717) is 0 Å². The van der Waals surface area contributed by atoms with E-state index in [9.17, 15) is 19.2 Å². The second-order valence-corrected chi connectivity index (χ2v) is 5.53. The summed E-state index contributed by atoms with van der Waals surface area (Å²) < 4.78 is 9.98. The van der Waals surface area contributed by atoms with Gasteiger partial charge in [0.25, 0.3) is 0 Å². The monoisotopic (exact) mass is 300 g/mol. The average molecular weight is 300 g/mol.